The molecule has 2 rings (SSSR count). The fourth-order valence-electron chi connectivity index (χ4n) is 2.78. The van der Waals surface area contributed by atoms with E-state index >= 15 is 0 Å². The molecule has 28 heavy (non-hydrogen) atoms. The van der Waals surface area contributed by atoms with Crippen molar-refractivity contribution < 1.29 is 36.3 Å². The van der Waals surface area contributed by atoms with Crippen molar-refractivity contribution >= 4 is 23.4 Å². The molecule has 158 valence electrons. The summed E-state index contributed by atoms with van der Waals surface area (Å²) in [6.45, 7) is -0.174. The molecule has 7 nitrogen and oxygen atoms in total. The molecule has 1 aromatic rings. The van der Waals surface area contributed by atoms with Gasteiger partial charge in [0.05, 0.1) is 17.8 Å². The Morgan fingerprint density at radius 3 is 2.64 bits per heavy atom. The van der Waals surface area contributed by atoms with Gasteiger partial charge < -0.3 is 19.9 Å². The Kier molecular flexibility index (Phi) is 7.21. The smallest absolute Gasteiger partial charge is 0.368 e. The topological polar surface area (TPSA) is 87.3 Å². The number of alkyl halides is 5. The quantitative estimate of drug-likeness (QED) is 0.674. The van der Waals surface area contributed by atoms with Gasteiger partial charge in [-0.15, -0.1) is 0 Å². The van der Waals surface area contributed by atoms with Crippen molar-refractivity contribution in [2.45, 2.75) is 44.5 Å². The molecule has 13 heteroatoms. The first kappa shape index (κ1) is 22.3. The van der Waals surface area contributed by atoms with E-state index in [1.807, 2.05) is 0 Å². The molecule has 0 saturated carbocycles. The number of halogens is 6. The van der Waals surface area contributed by atoms with Gasteiger partial charge in [0, 0.05) is 13.1 Å². The number of hydrogen-bond acceptors (Lipinski definition) is 4. The van der Waals surface area contributed by atoms with Gasteiger partial charge in [-0.25, -0.2) is 13.8 Å². The number of aromatic amines is 1. The number of hydrogen-bond donors (Lipinski definition) is 2. The first-order chi connectivity index (χ1) is 13.0. The molecule has 2 amide bonds. The Morgan fingerprint density at radius 2 is 2.11 bits per heavy atom. The SMILES string of the molecule is CCc1[nH]c(C(=O)N[C@H]2CCN(C(=O)C(F)(F)F)C[C@H]2OCC(F)F)nc1Cl. The number of imidazole rings is 1. The molecule has 1 aliphatic rings. The predicted molar refractivity (Wildman–Crippen MR) is 87.2 cm³/mol. The van der Waals surface area contributed by atoms with E-state index in [0.29, 0.717) is 17.0 Å². The lowest BCUT2D eigenvalue weighted by Crippen LogP contribution is -2.58. The van der Waals surface area contributed by atoms with Crippen LogP contribution < -0.4 is 5.32 Å². The summed E-state index contributed by atoms with van der Waals surface area (Å²) in [6.07, 6.45) is -8.83. The van der Waals surface area contributed by atoms with Gasteiger partial charge in [0.25, 0.3) is 12.3 Å². The normalized spacial score (nSPS) is 20.5. The molecular formula is C15H18ClF5N4O3. The summed E-state index contributed by atoms with van der Waals surface area (Å²) in [6, 6.07) is -0.891. The Morgan fingerprint density at radius 1 is 1.43 bits per heavy atom. The molecule has 0 bridgehead atoms. The van der Waals surface area contributed by atoms with Gasteiger partial charge in [-0.1, -0.05) is 18.5 Å². The van der Waals surface area contributed by atoms with Gasteiger partial charge in [-0.2, -0.15) is 13.2 Å². The van der Waals surface area contributed by atoms with Crippen LogP contribution in [-0.4, -0.2) is 71.1 Å². The van der Waals surface area contributed by atoms with E-state index in [0.717, 1.165) is 0 Å². The highest BCUT2D eigenvalue weighted by molar-refractivity contribution is 6.30. The molecule has 0 spiro atoms. The third-order valence-corrected chi connectivity index (χ3v) is 4.45. The maximum atomic E-state index is 12.6. The van der Waals surface area contributed by atoms with E-state index in [4.69, 9.17) is 16.3 Å². The van der Waals surface area contributed by atoms with Crippen LogP contribution in [0.3, 0.4) is 0 Å². The minimum absolute atomic E-state index is 0.101. The summed E-state index contributed by atoms with van der Waals surface area (Å²) < 4.78 is 67.8. The summed E-state index contributed by atoms with van der Waals surface area (Å²) in [4.78, 5) is 30.8. The standard InChI is InChI=1S/C15H18ClF5N4O3/c1-2-7-11(16)24-12(22-7)13(26)23-8-3-4-25(14(27)15(19,20)21)5-9(8)28-6-10(17)18/h8-10H,2-6H2,1H3,(H,22,24)(H,23,26)/t8-,9+/m0/s1. The first-order valence-electron chi connectivity index (χ1n) is 8.34. The van der Waals surface area contributed by atoms with Gasteiger partial charge in [-0.05, 0) is 12.8 Å². The fraction of sp³-hybridized carbons (Fsp3) is 0.667. The number of aryl methyl sites for hydroxylation is 1. The summed E-state index contributed by atoms with van der Waals surface area (Å²) in [7, 11) is 0. The summed E-state index contributed by atoms with van der Waals surface area (Å²) in [5, 5.41) is 2.59. The largest absolute Gasteiger partial charge is 0.471 e. The van der Waals surface area contributed by atoms with Gasteiger partial charge >= 0.3 is 12.1 Å². The number of amides is 2. The highest BCUT2D eigenvalue weighted by atomic mass is 35.5. The van der Waals surface area contributed by atoms with Gasteiger partial charge in [0.15, 0.2) is 11.0 Å². The number of ether oxygens (including phenoxy) is 1. The van der Waals surface area contributed by atoms with Crippen molar-refractivity contribution in [1.82, 2.24) is 20.2 Å². The Labute approximate surface area is 161 Å². The zero-order valence-corrected chi connectivity index (χ0v) is 15.4. The number of likely N-dealkylation sites (tertiary alicyclic amines) is 1. The predicted octanol–water partition coefficient (Wildman–Crippen LogP) is 2.17. The molecule has 0 unspecified atom stereocenters. The fourth-order valence-corrected chi connectivity index (χ4v) is 3.04. The molecule has 1 aromatic heterocycles. The molecule has 1 saturated heterocycles. The van der Waals surface area contributed by atoms with Gasteiger partial charge in [0.1, 0.15) is 6.61 Å². The number of carbonyl (C=O) groups is 2. The number of rotatable bonds is 6. The van der Waals surface area contributed by atoms with Crippen LogP contribution in [0.1, 0.15) is 29.7 Å². The average Bonchev–Trinajstić information content (AvgIpc) is 3.00. The van der Waals surface area contributed by atoms with Crippen molar-refractivity contribution in [3.63, 3.8) is 0 Å². The van der Waals surface area contributed by atoms with Crippen molar-refractivity contribution in [2.24, 2.45) is 0 Å². The van der Waals surface area contributed by atoms with E-state index in [2.05, 4.69) is 15.3 Å². The monoisotopic (exact) mass is 432 g/mol. The highest BCUT2D eigenvalue weighted by Gasteiger charge is 2.45. The van der Waals surface area contributed by atoms with Crippen LogP contribution in [0.4, 0.5) is 22.0 Å². The first-order valence-corrected chi connectivity index (χ1v) is 8.71. The van der Waals surface area contributed by atoms with Gasteiger partial charge in [-0.3, -0.25) is 9.59 Å². The van der Waals surface area contributed by atoms with E-state index in [9.17, 15) is 31.5 Å². The number of nitrogens with zero attached hydrogens (tertiary/aromatic N) is 2. The lowest BCUT2D eigenvalue weighted by atomic mass is 10.0. The van der Waals surface area contributed by atoms with Crippen LogP contribution in [0.5, 0.6) is 0 Å². The molecule has 1 fully saturated rings. The number of piperidine rings is 1. The maximum absolute atomic E-state index is 12.6. The van der Waals surface area contributed by atoms with Crippen LogP contribution in [0.2, 0.25) is 5.15 Å². The molecule has 2 N–H and O–H groups in total. The van der Waals surface area contributed by atoms with Crippen LogP contribution in [0.15, 0.2) is 0 Å². The van der Waals surface area contributed by atoms with Crippen LogP contribution in [-0.2, 0) is 16.0 Å². The van der Waals surface area contributed by atoms with E-state index in [1.54, 1.807) is 6.92 Å². The van der Waals surface area contributed by atoms with Crippen molar-refractivity contribution in [2.75, 3.05) is 19.7 Å². The molecule has 2 heterocycles. The second-order valence-corrected chi connectivity index (χ2v) is 6.45. The number of aromatic nitrogens is 2. The Bertz CT molecular complexity index is 712. The third-order valence-electron chi connectivity index (χ3n) is 4.14. The maximum Gasteiger partial charge on any atom is 0.471 e. The lowest BCUT2D eigenvalue weighted by Gasteiger charge is -2.38. The summed E-state index contributed by atoms with van der Waals surface area (Å²) >= 11 is 5.86. The summed E-state index contributed by atoms with van der Waals surface area (Å²) in [5.41, 5.74) is 0.517. The average molecular weight is 433 g/mol. The van der Waals surface area contributed by atoms with Crippen LogP contribution in [0, 0.1) is 0 Å². The van der Waals surface area contributed by atoms with E-state index in [-0.39, 0.29) is 23.9 Å². The molecule has 0 aliphatic carbocycles. The van der Waals surface area contributed by atoms with Crippen molar-refractivity contribution in [3.05, 3.63) is 16.7 Å². The minimum Gasteiger partial charge on any atom is -0.368 e. The number of carbonyl (C=O) groups excluding carboxylic acids is 2. The number of H-pyrrole nitrogens is 1. The highest BCUT2D eigenvalue weighted by Crippen LogP contribution is 2.23. The minimum atomic E-state index is -5.09. The molecule has 0 aromatic carbocycles. The van der Waals surface area contributed by atoms with E-state index in [1.165, 1.54) is 0 Å². The van der Waals surface area contributed by atoms with Gasteiger partial charge in [0.2, 0.25) is 0 Å². The molecule has 2 atom stereocenters. The van der Waals surface area contributed by atoms with Crippen LogP contribution in [0.25, 0.3) is 0 Å². The zero-order valence-electron chi connectivity index (χ0n) is 14.7. The van der Waals surface area contributed by atoms with Crippen molar-refractivity contribution in [1.29, 1.82) is 0 Å². The van der Waals surface area contributed by atoms with E-state index < -0.39 is 49.7 Å². The van der Waals surface area contributed by atoms with Crippen molar-refractivity contribution in [3.8, 4) is 0 Å². The molecule has 0 radical (unpaired) electrons. The summed E-state index contributed by atoms with van der Waals surface area (Å²) in [5.74, 6) is -2.93. The Hall–Kier alpha value is -1.95. The molecular weight excluding hydrogens is 415 g/mol. The Balaban J connectivity index is 2.10. The lowest BCUT2D eigenvalue weighted by molar-refractivity contribution is -0.189. The van der Waals surface area contributed by atoms with Crippen LogP contribution >= 0.6 is 11.6 Å². The molecule has 1 aliphatic heterocycles. The third kappa shape index (κ3) is 5.53. The second-order valence-electron chi connectivity index (χ2n) is 6.09. The second kappa shape index (κ2) is 9.03. The zero-order chi connectivity index (χ0) is 21.1. The number of nitrogens with one attached hydrogen (secondary N) is 2.